The minimum Gasteiger partial charge on any atom is -0.380 e. The number of nitrogens with zero attached hydrogens (tertiary/aromatic N) is 1. The molecule has 0 radical (unpaired) electrons. The van der Waals surface area contributed by atoms with Gasteiger partial charge in [-0.3, -0.25) is 4.90 Å². The molecular formula is C24H26FN3O2. The zero-order chi connectivity index (χ0) is 20.9. The number of benzene rings is 3. The zero-order valence-electron chi connectivity index (χ0n) is 17.0. The van der Waals surface area contributed by atoms with Crippen LogP contribution in [0.1, 0.15) is 17.5 Å². The Bertz CT molecular complexity index is 1040. The highest BCUT2D eigenvalue weighted by Gasteiger charge is 2.24. The maximum absolute atomic E-state index is 13.4. The predicted octanol–water partition coefficient (Wildman–Crippen LogP) is 4.52. The number of fused-ring (bicyclic) bond motifs is 1. The molecule has 1 aliphatic heterocycles. The van der Waals surface area contributed by atoms with E-state index in [9.17, 15) is 9.18 Å². The molecule has 5 nitrogen and oxygen atoms in total. The molecule has 2 N–H and O–H groups in total. The maximum Gasteiger partial charge on any atom is 0.319 e. The molecular weight excluding hydrogens is 381 g/mol. The largest absolute Gasteiger partial charge is 0.380 e. The molecule has 1 saturated heterocycles. The van der Waals surface area contributed by atoms with Gasteiger partial charge in [0.2, 0.25) is 0 Å². The van der Waals surface area contributed by atoms with Crippen molar-refractivity contribution in [3.63, 3.8) is 0 Å². The number of nitrogens with one attached hydrogen (secondary N) is 2. The third-order valence-corrected chi connectivity index (χ3v) is 5.45. The number of hydrogen-bond donors (Lipinski definition) is 2. The van der Waals surface area contributed by atoms with Gasteiger partial charge in [0.05, 0.1) is 6.61 Å². The van der Waals surface area contributed by atoms with Crippen LogP contribution in [0.2, 0.25) is 0 Å². The van der Waals surface area contributed by atoms with Crippen molar-refractivity contribution in [1.29, 1.82) is 0 Å². The normalized spacial score (nSPS) is 16.7. The van der Waals surface area contributed by atoms with E-state index in [0.717, 1.165) is 48.1 Å². The number of para-hydroxylation sites is 1. The van der Waals surface area contributed by atoms with Gasteiger partial charge in [-0.15, -0.1) is 0 Å². The van der Waals surface area contributed by atoms with E-state index in [2.05, 4.69) is 21.6 Å². The van der Waals surface area contributed by atoms with Gasteiger partial charge in [-0.2, -0.15) is 0 Å². The summed E-state index contributed by atoms with van der Waals surface area (Å²) in [7, 11) is 1.64. The van der Waals surface area contributed by atoms with Crippen molar-refractivity contribution < 1.29 is 13.9 Å². The molecule has 1 aliphatic rings. The Morgan fingerprint density at radius 3 is 2.80 bits per heavy atom. The zero-order valence-corrected chi connectivity index (χ0v) is 17.0. The van der Waals surface area contributed by atoms with Crippen LogP contribution in [0.3, 0.4) is 0 Å². The average molecular weight is 407 g/mol. The van der Waals surface area contributed by atoms with Crippen molar-refractivity contribution in [3.05, 3.63) is 77.6 Å². The van der Waals surface area contributed by atoms with Gasteiger partial charge in [-0.25, -0.2) is 9.18 Å². The van der Waals surface area contributed by atoms with Crippen molar-refractivity contribution in [2.45, 2.75) is 25.6 Å². The highest BCUT2D eigenvalue weighted by Crippen LogP contribution is 2.20. The number of carbonyl (C=O) groups is 1. The van der Waals surface area contributed by atoms with Crippen LogP contribution in [-0.4, -0.2) is 37.2 Å². The summed E-state index contributed by atoms with van der Waals surface area (Å²) in [4.78, 5) is 14.8. The van der Waals surface area contributed by atoms with Crippen molar-refractivity contribution in [1.82, 2.24) is 10.2 Å². The lowest BCUT2D eigenvalue weighted by Crippen LogP contribution is -2.39. The molecule has 3 aromatic carbocycles. The number of halogens is 1. The molecule has 4 rings (SSSR count). The molecule has 0 aromatic heterocycles. The second kappa shape index (κ2) is 9.24. The fraction of sp³-hybridized carbons (Fsp3) is 0.292. The lowest BCUT2D eigenvalue weighted by Gasteiger charge is -2.18. The average Bonchev–Trinajstić information content (AvgIpc) is 3.16. The fourth-order valence-electron chi connectivity index (χ4n) is 3.98. The molecule has 1 heterocycles. The van der Waals surface area contributed by atoms with E-state index in [1.54, 1.807) is 13.2 Å². The number of ether oxygens (including phenoxy) is 1. The first kappa shape index (κ1) is 20.3. The van der Waals surface area contributed by atoms with Gasteiger partial charge in [0.1, 0.15) is 5.82 Å². The van der Waals surface area contributed by atoms with Gasteiger partial charge in [0.25, 0.3) is 0 Å². The van der Waals surface area contributed by atoms with Gasteiger partial charge < -0.3 is 15.4 Å². The third-order valence-electron chi connectivity index (χ3n) is 5.45. The van der Waals surface area contributed by atoms with Crippen LogP contribution in [-0.2, 0) is 17.9 Å². The lowest BCUT2D eigenvalue weighted by molar-refractivity contribution is 0.185. The van der Waals surface area contributed by atoms with E-state index >= 15 is 0 Å². The maximum atomic E-state index is 13.4. The van der Waals surface area contributed by atoms with Crippen LogP contribution >= 0.6 is 0 Å². The Kier molecular flexibility index (Phi) is 6.26. The van der Waals surface area contributed by atoms with E-state index < -0.39 is 0 Å². The highest BCUT2D eigenvalue weighted by atomic mass is 19.1. The Balaban J connectivity index is 1.31. The highest BCUT2D eigenvalue weighted by molar-refractivity contribution is 5.90. The number of hydrogen-bond acceptors (Lipinski definition) is 3. The lowest BCUT2D eigenvalue weighted by atomic mass is 10.1. The standard InChI is InChI=1S/C24H26FN3O2/c1-30-16-20-4-2-3-5-23(20)27-24(29)26-22-10-11-28(15-22)14-17-6-7-19-13-21(25)9-8-18(19)12-17/h2-9,12-13,22H,10-11,14-16H2,1H3,(H2,26,27,29)/t22-/m1/s1. The number of amides is 2. The molecule has 3 aromatic rings. The van der Waals surface area contributed by atoms with Gasteiger partial charge in [0.15, 0.2) is 0 Å². The Labute approximate surface area is 175 Å². The number of rotatable bonds is 6. The Morgan fingerprint density at radius 1 is 1.13 bits per heavy atom. The van der Waals surface area contributed by atoms with Crippen LogP contribution in [0.4, 0.5) is 14.9 Å². The quantitative estimate of drug-likeness (QED) is 0.632. The van der Waals surface area contributed by atoms with E-state index in [4.69, 9.17) is 4.74 Å². The van der Waals surface area contributed by atoms with Gasteiger partial charge >= 0.3 is 6.03 Å². The van der Waals surface area contributed by atoms with Crippen LogP contribution < -0.4 is 10.6 Å². The summed E-state index contributed by atoms with van der Waals surface area (Å²) in [5, 5.41) is 7.95. The summed E-state index contributed by atoms with van der Waals surface area (Å²) in [6, 6.07) is 18.5. The summed E-state index contributed by atoms with van der Waals surface area (Å²) >= 11 is 0. The van der Waals surface area contributed by atoms with Crippen LogP contribution in [0, 0.1) is 5.82 Å². The van der Waals surface area contributed by atoms with Crippen molar-refractivity contribution in [2.75, 3.05) is 25.5 Å². The molecule has 30 heavy (non-hydrogen) atoms. The molecule has 0 spiro atoms. The Hall–Kier alpha value is -2.96. The minimum absolute atomic E-state index is 0.106. The first-order chi connectivity index (χ1) is 14.6. The second-order valence-corrected chi connectivity index (χ2v) is 7.74. The van der Waals surface area contributed by atoms with Crippen molar-refractivity contribution in [3.8, 4) is 0 Å². The van der Waals surface area contributed by atoms with Crippen LogP contribution in [0.25, 0.3) is 10.8 Å². The smallest absolute Gasteiger partial charge is 0.319 e. The molecule has 0 aliphatic carbocycles. The molecule has 0 bridgehead atoms. The van der Waals surface area contributed by atoms with Gasteiger partial charge in [-0.1, -0.05) is 36.4 Å². The summed E-state index contributed by atoms with van der Waals surface area (Å²) < 4.78 is 18.5. The number of anilines is 1. The van der Waals surface area contributed by atoms with Gasteiger partial charge in [-0.05, 0) is 47.0 Å². The van der Waals surface area contributed by atoms with E-state index in [0.29, 0.717) is 6.61 Å². The number of carbonyl (C=O) groups excluding carboxylic acids is 1. The van der Waals surface area contributed by atoms with Crippen LogP contribution in [0.5, 0.6) is 0 Å². The van der Waals surface area contributed by atoms with E-state index in [-0.39, 0.29) is 17.9 Å². The minimum atomic E-state index is -0.216. The fourth-order valence-corrected chi connectivity index (χ4v) is 3.98. The van der Waals surface area contributed by atoms with Crippen LogP contribution in [0.15, 0.2) is 60.7 Å². The molecule has 0 unspecified atom stereocenters. The monoisotopic (exact) mass is 407 g/mol. The van der Waals surface area contributed by atoms with E-state index in [1.807, 2.05) is 42.5 Å². The molecule has 0 saturated carbocycles. The molecule has 1 fully saturated rings. The SMILES string of the molecule is COCc1ccccc1NC(=O)N[C@@H]1CCN(Cc2ccc3cc(F)ccc3c2)C1. The first-order valence-corrected chi connectivity index (χ1v) is 10.2. The summed E-state index contributed by atoms with van der Waals surface area (Å²) in [6.45, 7) is 2.98. The third kappa shape index (κ3) is 4.96. The summed E-state index contributed by atoms with van der Waals surface area (Å²) in [6.07, 6.45) is 0.909. The van der Waals surface area contributed by atoms with Crippen molar-refractivity contribution in [2.24, 2.45) is 0 Å². The van der Waals surface area contributed by atoms with E-state index in [1.165, 1.54) is 11.6 Å². The predicted molar refractivity (Wildman–Crippen MR) is 117 cm³/mol. The summed E-state index contributed by atoms with van der Waals surface area (Å²) in [5.41, 5.74) is 2.89. The van der Waals surface area contributed by atoms with Crippen molar-refractivity contribution >= 4 is 22.5 Å². The number of likely N-dealkylation sites (tertiary alicyclic amines) is 1. The molecule has 2 amide bonds. The molecule has 156 valence electrons. The number of urea groups is 1. The molecule has 1 atom stereocenters. The first-order valence-electron chi connectivity index (χ1n) is 10.2. The Morgan fingerprint density at radius 2 is 1.93 bits per heavy atom. The number of methoxy groups -OCH3 is 1. The molecule has 6 heteroatoms. The summed E-state index contributed by atoms with van der Waals surface area (Å²) in [5.74, 6) is -0.216. The van der Waals surface area contributed by atoms with Gasteiger partial charge in [0, 0.05) is 44.0 Å². The topological polar surface area (TPSA) is 53.6 Å². The second-order valence-electron chi connectivity index (χ2n) is 7.74.